The molecule has 164 valence electrons. The van der Waals surface area contributed by atoms with Crippen LogP contribution >= 0.6 is 12.4 Å². The normalized spacial score (nSPS) is 14.3. The molecule has 5 nitrogen and oxygen atoms in total. The fourth-order valence-corrected chi connectivity index (χ4v) is 4.08. The number of halogens is 1. The Morgan fingerprint density at radius 1 is 1.00 bits per heavy atom. The third kappa shape index (κ3) is 5.35. The first-order valence-corrected chi connectivity index (χ1v) is 10.9. The summed E-state index contributed by atoms with van der Waals surface area (Å²) in [5, 5.41) is 5.27. The average Bonchev–Trinajstić information content (AvgIpc) is 2.79. The Morgan fingerprint density at radius 2 is 1.71 bits per heavy atom. The SMILES string of the molecule is CCNC(=O)Cc1ccc(-c2cc3ccccc3c(N3CCN(CC)CC3)n2)cc1.Cl. The second-order valence-corrected chi connectivity index (χ2v) is 7.80. The number of carbonyl (C=O) groups excluding carboxylic acids is 1. The quantitative estimate of drug-likeness (QED) is 0.628. The van der Waals surface area contributed by atoms with E-state index in [4.69, 9.17) is 4.98 Å². The van der Waals surface area contributed by atoms with Crippen LogP contribution < -0.4 is 10.2 Å². The van der Waals surface area contributed by atoms with Gasteiger partial charge in [-0.25, -0.2) is 4.98 Å². The molecular weight excluding hydrogens is 408 g/mol. The molecule has 1 aromatic heterocycles. The first-order chi connectivity index (χ1) is 14.7. The van der Waals surface area contributed by atoms with Crippen molar-refractivity contribution in [3.8, 4) is 11.3 Å². The molecule has 1 saturated heterocycles. The maximum absolute atomic E-state index is 11.8. The predicted molar refractivity (Wildman–Crippen MR) is 131 cm³/mol. The Hall–Kier alpha value is -2.63. The number of carbonyl (C=O) groups is 1. The Kier molecular flexibility index (Phi) is 7.88. The molecule has 4 rings (SSSR count). The van der Waals surface area contributed by atoms with Gasteiger partial charge >= 0.3 is 0 Å². The molecule has 0 radical (unpaired) electrons. The number of pyridine rings is 1. The average molecular weight is 439 g/mol. The van der Waals surface area contributed by atoms with Crippen LogP contribution in [-0.2, 0) is 11.2 Å². The molecule has 31 heavy (non-hydrogen) atoms. The van der Waals surface area contributed by atoms with Crippen LogP contribution in [0.4, 0.5) is 5.82 Å². The number of nitrogens with one attached hydrogen (secondary N) is 1. The van der Waals surface area contributed by atoms with E-state index in [-0.39, 0.29) is 18.3 Å². The van der Waals surface area contributed by atoms with E-state index in [0.29, 0.717) is 13.0 Å². The number of aromatic nitrogens is 1. The summed E-state index contributed by atoms with van der Waals surface area (Å²) in [4.78, 5) is 21.8. The number of likely N-dealkylation sites (N-methyl/N-ethyl adjacent to an activating group) is 2. The van der Waals surface area contributed by atoms with Gasteiger partial charge in [-0.1, -0.05) is 55.5 Å². The summed E-state index contributed by atoms with van der Waals surface area (Å²) >= 11 is 0. The molecule has 1 N–H and O–H groups in total. The number of anilines is 1. The summed E-state index contributed by atoms with van der Waals surface area (Å²) in [5.41, 5.74) is 3.07. The number of nitrogens with zero attached hydrogens (tertiary/aromatic N) is 3. The summed E-state index contributed by atoms with van der Waals surface area (Å²) in [6.45, 7) is 10.1. The van der Waals surface area contributed by atoms with Crippen LogP contribution in [0.15, 0.2) is 54.6 Å². The van der Waals surface area contributed by atoms with Gasteiger partial charge in [-0.2, -0.15) is 0 Å². The fraction of sp³-hybridized carbons (Fsp3) is 0.360. The zero-order valence-electron chi connectivity index (χ0n) is 18.3. The van der Waals surface area contributed by atoms with Crippen molar-refractivity contribution in [2.75, 3.05) is 44.2 Å². The Balaban J connectivity index is 0.00000272. The molecular formula is C25H31ClN4O. The Morgan fingerprint density at radius 3 is 2.39 bits per heavy atom. The smallest absolute Gasteiger partial charge is 0.224 e. The van der Waals surface area contributed by atoms with E-state index in [9.17, 15) is 4.79 Å². The maximum Gasteiger partial charge on any atom is 0.224 e. The molecule has 6 heteroatoms. The van der Waals surface area contributed by atoms with Crippen LogP contribution in [0.25, 0.3) is 22.0 Å². The largest absolute Gasteiger partial charge is 0.356 e. The highest BCUT2D eigenvalue weighted by Crippen LogP contribution is 2.30. The van der Waals surface area contributed by atoms with Crippen molar-refractivity contribution in [2.24, 2.45) is 0 Å². The van der Waals surface area contributed by atoms with Crippen LogP contribution in [0.2, 0.25) is 0 Å². The topological polar surface area (TPSA) is 48.5 Å². The zero-order chi connectivity index (χ0) is 20.9. The summed E-state index contributed by atoms with van der Waals surface area (Å²) < 4.78 is 0. The number of piperazine rings is 1. The van der Waals surface area contributed by atoms with Gasteiger partial charge in [0.05, 0.1) is 12.1 Å². The predicted octanol–water partition coefficient (Wildman–Crippen LogP) is 4.14. The zero-order valence-corrected chi connectivity index (χ0v) is 19.1. The minimum atomic E-state index is 0. The van der Waals surface area contributed by atoms with E-state index >= 15 is 0 Å². The summed E-state index contributed by atoms with van der Waals surface area (Å²) in [7, 11) is 0. The molecule has 1 amide bonds. The molecule has 1 fully saturated rings. The lowest BCUT2D eigenvalue weighted by Crippen LogP contribution is -2.46. The van der Waals surface area contributed by atoms with Gasteiger partial charge in [-0.05, 0) is 30.5 Å². The molecule has 0 saturated carbocycles. The van der Waals surface area contributed by atoms with Crippen LogP contribution in [0, 0.1) is 0 Å². The van der Waals surface area contributed by atoms with Crippen molar-refractivity contribution in [3.05, 3.63) is 60.2 Å². The minimum absolute atomic E-state index is 0. The number of rotatable bonds is 6. The molecule has 0 bridgehead atoms. The molecule has 0 atom stereocenters. The maximum atomic E-state index is 11.8. The summed E-state index contributed by atoms with van der Waals surface area (Å²) in [6, 6.07) is 18.9. The monoisotopic (exact) mass is 438 g/mol. The van der Waals surface area contributed by atoms with E-state index in [0.717, 1.165) is 55.4 Å². The van der Waals surface area contributed by atoms with Crippen LogP contribution in [0.1, 0.15) is 19.4 Å². The van der Waals surface area contributed by atoms with E-state index in [1.807, 2.05) is 19.1 Å². The van der Waals surface area contributed by atoms with Crippen LogP contribution in [0.5, 0.6) is 0 Å². The van der Waals surface area contributed by atoms with E-state index in [1.54, 1.807) is 0 Å². The first kappa shape index (κ1) is 23.0. The third-order valence-electron chi connectivity index (χ3n) is 5.83. The molecule has 1 aliphatic heterocycles. The number of hydrogen-bond acceptors (Lipinski definition) is 4. The number of fused-ring (bicyclic) bond motifs is 1. The third-order valence-corrected chi connectivity index (χ3v) is 5.83. The molecule has 2 aromatic carbocycles. The van der Waals surface area contributed by atoms with Crippen molar-refractivity contribution >= 4 is 34.9 Å². The molecule has 3 aromatic rings. The van der Waals surface area contributed by atoms with Crippen molar-refractivity contribution in [2.45, 2.75) is 20.3 Å². The molecule has 0 aliphatic carbocycles. The van der Waals surface area contributed by atoms with Crippen molar-refractivity contribution in [3.63, 3.8) is 0 Å². The minimum Gasteiger partial charge on any atom is -0.356 e. The first-order valence-electron chi connectivity index (χ1n) is 10.9. The van der Waals surface area contributed by atoms with Gasteiger partial charge in [0, 0.05) is 43.7 Å². The molecule has 1 aliphatic rings. The van der Waals surface area contributed by atoms with Gasteiger partial charge in [0.1, 0.15) is 5.82 Å². The van der Waals surface area contributed by atoms with Gasteiger partial charge in [-0.15, -0.1) is 12.4 Å². The Labute approximate surface area is 190 Å². The Bertz CT molecular complexity index is 1010. The highest BCUT2D eigenvalue weighted by Gasteiger charge is 2.19. The summed E-state index contributed by atoms with van der Waals surface area (Å²) in [5.74, 6) is 1.13. The summed E-state index contributed by atoms with van der Waals surface area (Å²) in [6.07, 6.45) is 0.409. The number of hydrogen-bond donors (Lipinski definition) is 1. The van der Waals surface area contributed by atoms with Crippen molar-refractivity contribution < 1.29 is 4.79 Å². The fourth-order valence-electron chi connectivity index (χ4n) is 4.08. The second-order valence-electron chi connectivity index (χ2n) is 7.80. The molecule has 0 spiro atoms. The lowest BCUT2D eigenvalue weighted by Gasteiger charge is -2.35. The van der Waals surface area contributed by atoms with Crippen molar-refractivity contribution in [1.82, 2.24) is 15.2 Å². The molecule has 0 unspecified atom stereocenters. The van der Waals surface area contributed by atoms with E-state index < -0.39 is 0 Å². The van der Waals surface area contributed by atoms with Gasteiger partial charge in [-0.3, -0.25) is 4.79 Å². The van der Waals surface area contributed by atoms with E-state index in [1.165, 1.54) is 10.8 Å². The van der Waals surface area contributed by atoms with E-state index in [2.05, 4.69) is 64.5 Å². The van der Waals surface area contributed by atoms with Gasteiger partial charge in [0.15, 0.2) is 0 Å². The van der Waals surface area contributed by atoms with Crippen LogP contribution in [-0.4, -0.2) is 55.1 Å². The molecule has 2 heterocycles. The number of benzene rings is 2. The highest BCUT2D eigenvalue weighted by molar-refractivity contribution is 5.95. The number of amides is 1. The standard InChI is InChI=1S/C25H30N4O.ClH/c1-3-26-24(30)17-19-9-11-20(12-10-19)23-18-21-7-5-6-8-22(21)25(27-23)29-15-13-28(4-2)14-16-29;/h5-12,18H,3-4,13-17H2,1-2H3,(H,26,30);1H. The van der Waals surface area contributed by atoms with Crippen molar-refractivity contribution in [1.29, 1.82) is 0 Å². The second kappa shape index (κ2) is 10.6. The van der Waals surface area contributed by atoms with Crippen LogP contribution in [0.3, 0.4) is 0 Å². The lowest BCUT2D eigenvalue weighted by atomic mass is 10.0. The van der Waals surface area contributed by atoms with Gasteiger partial charge in [0.25, 0.3) is 0 Å². The lowest BCUT2D eigenvalue weighted by molar-refractivity contribution is -0.120. The van der Waals surface area contributed by atoms with Gasteiger partial charge in [0.2, 0.25) is 5.91 Å². The van der Waals surface area contributed by atoms with Gasteiger partial charge < -0.3 is 15.1 Å². The highest BCUT2D eigenvalue weighted by atomic mass is 35.5.